The molecule has 0 fully saturated rings. The van der Waals surface area contributed by atoms with Crippen molar-refractivity contribution in [2.75, 3.05) is 32.9 Å². The van der Waals surface area contributed by atoms with Crippen LogP contribution in [-0.4, -0.2) is 49.5 Å². The van der Waals surface area contributed by atoms with E-state index >= 15 is 0 Å². The van der Waals surface area contributed by atoms with Gasteiger partial charge in [0, 0.05) is 17.5 Å². The minimum Gasteiger partial charge on any atom is -0.358 e. The van der Waals surface area contributed by atoms with Crippen molar-refractivity contribution >= 4 is 23.5 Å². The van der Waals surface area contributed by atoms with Crippen molar-refractivity contribution in [3.8, 4) is 0 Å². The molecule has 0 aliphatic rings. The Bertz CT molecular complexity index is 432. The first-order valence-electron chi connectivity index (χ1n) is 6.20. The van der Waals surface area contributed by atoms with Gasteiger partial charge in [0.25, 0.3) is 0 Å². The van der Waals surface area contributed by atoms with Crippen LogP contribution in [0.2, 0.25) is 0 Å². The third-order valence-electron chi connectivity index (χ3n) is 2.87. The van der Waals surface area contributed by atoms with E-state index in [1.54, 1.807) is 18.8 Å². The van der Waals surface area contributed by atoms with Crippen molar-refractivity contribution < 1.29 is 9.59 Å². The highest BCUT2D eigenvalue weighted by atomic mass is 32.2. The first-order chi connectivity index (χ1) is 9.10. The largest absolute Gasteiger partial charge is 0.358 e. The van der Waals surface area contributed by atoms with Crippen LogP contribution >= 0.6 is 11.8 Å². The molecule has 104 valence electrons. The molecule has 0 saturated heterocycles. The number of likely N-dealkylation sites (N-methyl/N-ethyl adjacent to an activating group) is 2. The summed E-state index contributed by atoms with van der Waals surface area (Å²) in [5.41, 5.74) is 0.688. The number of thioether (sulfide) groups is 1. The molecule has 1 aromatic rings. The maximum atomic E-state index is 12.1. The maximum absolute atomic E-state index is 12.1. The molecule has 1 rings (SSSR count). The number of carbonyl (C=O) groups is 2. The lowest BCUT2D eigenvalue weighted by Crippen LogP contribution is -2.38. The number of amides is 1. The van der Waals surface area contributed by atoms with E-state index in [9.17, 15) is 9.59 Å². The molecule has 4 nitrogen and oxygen atoms in total. The molecule has 0 atom stereocenters. The van der Waals surface area contributed by atoms with E-state index in [1.165, 1.54) is 0 Å². The molecule has 0 bridgehead atoms. The monoisotopic (exact) mass is 280 g/mol. The molecule has 0 saturated carbocycles. The highest BCUT2D eigenvalue weighted by Gasteiger charge is 2.13. The number of nitrogens with zero attached hydrogens (tertiary/aromatic N) is 1. The lowest BCUT2D eigenvalue weighted by atomic mass is 10.1. The molecule has 0 unspecified atom stereocenters. The first kappa shape index (κ1) is 15.7. The second-order valence-corrected chi connectivity index (χ2v) is 5.01. The average Bonchev–Trinajstić information content (AvgIpc) is 2.46. The number of hydrogen-bond acceptors (Lipinski definition) is 4. The number of benzene rings is 1. The van der Waals surface area contributed by atoms with Gasteiger partial charge < -0.3 is 5.32 Å². The second-order valence-electron chi connectivity index (χ2n) is 4.13. The summed E-state index contributed by atoms with van der Waals surface area (Å²) in [4.78, 5) is 26.4. The fraction of sp³-hybridized carbons (Fsp3) is 0.429. The topological polar surface area (TPSA) is 49.4 Å². The summed E-state index contributed by atoms with van der Waals surface area (Å²) in [6.45, 7) is 3.12. The highest BCUT2D eigenvalue weighted by molar-refractivity contribution is 7.98. The van der Waals surface area contributed by atoms with Gasteiger partial charge >= 0.3 is 0 Å². The van der Waals surface area contributed by atoms with E-state index in [0.717, 1.165) is 4.90 Å². The fourth-order valence-electron chi connectivity index (χ4n) is 1.63. The van der Waals surface area contributed by atoms with E-state index < -0.39 is 0 Å². The lowest BCUT2D eigenvalue weighted by molar-refractivity contribution is -0.121. The minimum absolute atomic E-state index is 0.0402. The summed E-state index contributed by atoms with van der Waals surface area (Å²) < 4.78 is 0. The van der Waals surface area contributed by atoms with Gasteiger partial charge in [0.05, 0.1) is 13.1 Å². The molecule has 19 heavy (non-hydrogen) atoms. The number of Topliss-reactive ketones (excluding diaryl/α,β-unsaturated/α-hetero) is 1. The minimum atomic E-state index is -0.0765. The molecular formula is C14H20N2O2S. The lowest BCUT2D eigenvalue weighted by Gasteiger charge is -2.18. The molecule has 1 aromatic carbocycles. The van der Waals surface area contributed by atoms with Gasteiger partial charge in [-0.05, 0) is 24.9 Å². The number of carbonyl (C=O) groups excluding carboxylic acids is 2. The predicted octanol–water partition coefficient (Wildman–Crippen LogP) is 1.66. The molecule has 0 aliphatic heterocycles. The molecule has 5 heteroatoms. The molecule has 0 radical (unpaired) electrons. The first-order valence-corrected chi connectivity index (χ1v) is 7.43. The van der Waals surface area contributed by atoms with Gasteiger partial charge in [-0.15, -0.1) is 11.8 Å². The van der Waals surface area contributed by atoms with Crippen LogP contribution in [0.1, 0.15) is 17.3 Å². The van der Waals surface area contributed by atoms with E-state index in [1.807, 2.05) is 42.3 Å². The van der Waals surface area contributed by atoms with Gasteiger partial charge in [0.1, 0.15) is 0 Å². The number of rotatable bonds is 7. The van der Waals surface area contributed by atoms with Gasteiger partial charge in [-0.25, -0.2) is 0 Å². The summed E-state index contributed by atoms with van der Waals surface area (Å²) in [6.07, 6.45) is 2.00. The highest BCUT2D eigenvalue weighted by Crippen LogP contribution is 2.15. The zero-order valence-electron chi connectivity index (χ0n) is 11.6. The van der Waals surface area contributed by atoms with Gasteiger partial charge in [-0.1, -0.05) is 19.1 Å². The van der Waals surface area contributed by atoms with Crippen LogP contribution in [0.25, 0.3) is 0 Å². The maximum Gasteiger partial charge on any atom is 0.233 e. The van der Waals surface area contributed by atoms with Crippen molar-refractivity contribution in [2.24, 2.45) is 0 Å². The van der Waals surface area contributed by atoms with E-state index in [4.69, 9.17) is 0 Å². The molecule has 1 N–H and O–H groups in total. The quantitative estimate of drug-likeness (QED) is 0.609. The standard InChI is InChI=1S/C14H20N2O2S/c1-4-16(10-14(18)15-2)9-13(17)11-5-7-12(19-3)8-6-11/h5-8H,4,9-10H2,1-3H3,(H,15,18). The average molecular weight is 280 g/mol. The molecule has 0 spiro atoms. The van der Waals surface area contributed by atoms with Gasteiger partial charge in [0.2, 0.25) is 5.91 Å². The van der Waals surface area contributed by atoms with E-state index in [2.05, 4.69) is 5.32 Å². The van der Waals surface area contributed by atoms with E-state index in [0.29, 0.717) is 12.1 Å². The summed E-state index contributed by atoms with van der Waals surface area (Å²) >= 11 is 1.64. The normalized spacial score (nSPS) is 10.5. The van der Waals surface area contributed by atoms with E-state index in [-0.39, 0.29) is 24.8 Å². The Morgan fingerprint density at radius 2 is 1.84 bits per heavy atom. The summed E-state index contributed by atoms with van der Waals surface area (Å²) in [5.74, 6) is -0.0363. The van der Waals surface area contributed by atoms with Crippen molar-refractivity contribution in [3.05, 3.63) is 29.8 Å². The van der Waals surface area contributed by atoms with Crippen molar-refractivity contribution in [3.63, 3.8) is 0 Å². The Morgan fingerprint density at radius 3 is 2.32 bits per heavy atom. The summed E-state index contributed by atoms with van der Waals surface area (Å²) in [6, 6.07) is 7.55. The van der Waals surface area contributed by atoms with Crippen LogP contribution in [0.4, 0.5) is 0 Å². The third kappa shape index (κ3) is 5.04. The fourth-order valence-corrected chi connectivity index (χ4v) is 2.04. The van der Waals surface area contributed by atoms with Crippen molar-refractivity contribution in [1.82, 2.24) is 10.2 Å². The Morgan fingerprint density at radius 1 is 1.21 bits per heavy atom. The smallest absolute Gasteiger partial charge is 0.233 e. The predicted molar refractivity (Wildman–Crippen MR) is 78.7 cm³/mol. The molecule has 1 amide bonds. The Kier molecular flexibility index (Phi) is 6.59. The second kappa shape index (κ2) is 7.96. The number of nitrogens with one attached hydrogen (secondary N) is 1. The van der Waals surface area contributed by atoms with Crippen molar-refractivity contribution in [2.45, 2.75) is 11.8 Å². The zero-order valence-corrected chi connectivity index (χ0v) is 12.4. The molecule has 0 aromatic heterocycles. The number of hydrogen-bond donors (Lipinski definition) is 1. The molecule has 0 heterocycles. The zero-order chi connectivity index (χ0) is 14.3. The van der Waals surface area contributed by atoms with Gasteiger partial charge in [-0.3, -0.25) is 14.5 Å². The Labute approximate surface area is 118 Å². The van der Waals surface area contributed by atoms with Crippen LogP contribution in [-0.2, 0) is 4.79 Å². The van der Waals surface area contributed by atoms with Crippen LogP contribution in [0.3, 0.4) is 0 Å². The Hall–Kier alpha value is -1.33. The van der Waals surface area contributed by atoms with Gasteiger partial charge in [0.15, 0.2) is 5.78 Å². The van der Waals surface area contributed by atoms with Crippen LogP contribution in [0.15, 0.2) is 29.2 Å². The summed E-state index contributed by atoms with van der Waals surface area (Å²) in [7, 11) is 1.60. The molecule has 0 aliphatic carbocycles. The van der Waals surface area contributed by atoms with Crippen LogP contribution < -0.4 is 5.32 Å². The van der Waals surface area contributed by atoms with Gasteiger partial charge in [-0.2, -0.15) is 0 Å². The third-order valence-corrected chi connectivity index (χ3v) is 3.62. The molecular weight excluding hydrogens is 260 g/mol. The SMILES string of the molecule is CCN(CC(=O)NC)CC(=O)c1ccc(SC)cc1. The van der Waals surface area contributed by atoms with Crippen LogP contribution in [0.5, 0.6) is 0 Å². The van der Waals surface area contributed by atoms with Crippen molar-refractivity contribution in [1.29, 1.82) is 0 Å². The van der Waals surface area contributed by atoms with Crippen LogP contribution in [0, 0.1) is 0 Å². The summed E-state index contributed by atoms with van der Waals surface area (Å²) in [5, 5.41) is 2.56. The number of ketones is 1. The Balaban J connectivity index is 2.63.